The number of hydrogen-bond donors (Lipinski definition) is 1. The number of nitrogens with one attached hydrogen (secondary N) is 1. The molecule has 1 amide bonds. The number of anilines is 1. The zero-order valence-corrected chi connectivity index (χ0v) is 42.2. The normalized spacial score (nSPS) is 17.2. The Labute approximate surface area is 424 Å². The van der Waals surface area contributed by atoms with E-state index in [0.29, 0.717) is 18.6 Å². The Morgan fingerprint density at radius 2 is 1.29 bits per heavy atom. The molecule has 0 aliphatic carbocycles. The summed E-state index contributed by atoms with van der Waals surface area (Å²) >= 11 is 0. The van der Waals surface area contributed by atoms with Crippen LogP contribution >= 0.6 is 8.53 Å². The van der Waals surface area contributed by atoms with Gasteiger partial charge < -0.3 is 32.7 Å². The van der Waals surface area contributed by atoms with Crippen LogP contribution in [-0.2, 0) is 46.4 Å². The van der Waals surface area contributed by atoms with Crippen LogP contribution in [0, 0.1) is 20.2 Å². The molecule has 20 heteroatoms. The standard InChI is InChI=1S/C53H59N6O13P/c1-36(2)57(37(3)4)73(70-34-31-39-19-25-44(26-20-39)59(64)65)72-48-46(35-69-53(40-13-9-7-10-14-40,41-15-11-8-12-16-41)42-21-27-45(66-5)28-22-42)71-50(49(48)67-6)56-32-29-47(54-51(56)60)55-52(61)68-33-30-38-17-23-43(24-18-38)58(62)63/h7-29,32,36-37,46,48-50H,30-31,33-35H2,1-6H3,(H,54,55,60,61)/t46-,48-,49-,50-,73?/m1/s1. The SMILES string of the molecule is COc1ccc(C(OC[C@H]2O[C@@H](n3ccc(NC(=O)OCCc4ccc([N+](=O)[O-])cc4)nc3=O)[C@H](OC)[C@@H]2OP(OCCc2ccc([N+](=O)[O-])cc2)N(C(C)C)C(C)C)(c2ccccc2)c2ccccc2)cc1. The van der Waals surface area contributed by atoms with Crippen molar-refractivity contribution < 1.29 is 47.4 Å². The molecule has 6 aromatic rings. The minimum absolute atomic E-state index is 0.0114. The monoisotopic (exact) mass is 1020 g/mol. The van der Waals surface area contributed by atoms with Crippen molar-refractivity contribution in [2.45, 2.75) is 82.8 Å². The highest BCUT2D eigenvalue weighted by Gasteiger charge is 2.51. The number of nitro benzene ring substituents is 2. The van der Waals surface area contributed by atoms with Crippen molar-refractivity contribution >= 4 is 31.8 Å². The molecule has 0 radical (unpaired) electrons. The summed E-state index contributed by atoms with van der Waals surface area (Å²) in [5.41, 5.74) is 1.98. The fourth-order valence-corrected chi connectivity index (χ4v) is 10.5. The van der Waals surface area contributed by atoms with Gasteiger partial charge in [0.2, 0.25) is 0 Å². The van der Waals surface area contributed by atoms with Crippen molar-refractivity contribution in [2.75, 3.05) is 39.4 Å². The van der Waals surface area contributed by atoms with Crippen LogP contribution in [0.4, 0.5) is 22.0 Å². The summed E-state index contributed by atoms with van der Waals surface area (Å²) in [6.45, 7) is 8.23. The Morgan fingerprint density at radius 3 is 1.78 bits per heavy atom. The zero-order valence-electron chi connectivity index (χ0n) is 41.3. The second kappa shape index (κ2) is 25.1. The molecular weight excluding hydrogens is 960 g/mol. The summed E-state index contributed by atoms with van der Waals surface area (Å²) in [6, 6.07) is 40.9. The highest BCUT2D eigenvalue weighted by molar-refractivity contribution is 7.44. The lowest BCUT2D eigenvalue weighted by Gasteiger charge is -2.39. The molecule has 5 aromatic carbocycles. The van der Waals surface area contributed by atoms with E-state index >= 15 is 0 Å². The highest BCUT2D eigenvalue weighted by atomic mass is 31.2. The molecule has 1 unspecified atom stereocenters. The van der Waals surface area contributed by atoms with E-state index in [1.54, 1.807) is 31.4 Å². The van der Waals surface area contributed by atoms with Crippen molar-refractivity contribution in [3.8, 4) is 5.75 Å². The third kappa shape index (κ3) is 13.2. The average molecular weight is 1020 g/mol. The lowest BCUT2D eigenvalue weighted by Crippen LogP contribution is -2.43. The van der Waals surface area contributed by atoms with Crippen molar-refractivity contribution in [1.29, 1.82) is 0 Å². The fraction of sp³-hybridized carbons (Fsp3) is 0.340. The van der Waals surface area contributed by atoms with Crippen LogP contribution in [0.1, 0.15) is 61.7 Å². The lowest BCUT2D eigenvalue weighted by atomic mass is 9.80. The number of ether oxygens (including phenoxy) is 5. The molecule has 1 aliphatic heterocycles. The first kappa shape index (κ1) is 53.8. The topological polar surface area (TPSA) is 218 Å². The third-order valence-corrected chi connectivity index (χ3v) is 14.3. The Balaban J connectivity index is 1.21. The third-order valence-electron chi connectivity index (χ3n) is 12.2. The van der Waals surface area contributed by atoms with Crippen LogP contribution in [0.15, 0.2) is 151 Å². The van der Waals surface area contributed by atoms with Crippen molar-refractivity contribution in [1.82, 2.24) is 14.2 Å². The zero-order chi connectivity index (χ0) is 52.1. The Morgan fingerprint density at radius 1 is 0.753 bits per heavy atom. The van der Waals surface area contributed by atoms with E-state index < -0.39 is 60.3 Å². The van der Waals surface area contributed by atoms with Gasteiger partial charge in [-0.2, -0.15) is 4.98 Å². The molecule has 5 atom stereocenters. The van der Waals surface area contributed by atoms with E-state index in [1.165, 1.54) is 48.2 Å². The number of non-ortho nitro benzene ring substituents is 2. The molecule has 2 heterocycles. The molecule has 7 rings (SSSR count). The largest absolute Gasteiger partial charge is 0.497 e. The van der Waals surface area contributed by atoms with Gasteiger partial charge >= 0.3 is 11.8 Å². The van der Waals surface area contributed by atoms with Crippen LogP contribution < -0.4 is 15.7 Å². The van der Waals surface area contributed by atoms with Crippen LogP contribution in [-0.4, -0.2) is 94.6 Å². The molecule has 1 fully saturated rings. The van der Waals surface area contributed by atoms with Crippen LogP contribution in [0.2, 0.25) is 0 Å². The minimum Gasteiger partial charge on any atom is -0.497 e. The number of aromatic nitrogens is 2. The first-order valence-electron chi connectivity index (χ1n) is 23.7. The molecule has 1 aromatic heterocycles. The maximum atomic E-state index is 14.1. The molecule has 0 saturated carbocycles. The Hall–Kier alpha value is -6.96. The Bertz CT molecular complexity index is 2760. The maximum Gasteiger partial charge on any atom is 0.412 e. The first-order chi connectivity index (χ1) is 35.2. The van der Waals surface area contributed by atoms with E-state index in [-0.39, 0.29) is 49.1 Å². The number of nitrogens with zero attached hydrogens (tertiary/aromatic N) is 5. The predicted octanol–water partition coefficient (Wildman–Crippen LogP) is 9.77. The van der Waals surface area contributed by atoms with Gasteiger partial charge in [0.25, 0.3) is 19.9 Å². The van der Waals surface area contributed by atoms with Gasteiger partial charge in [0.1, 0.15) is 35.5 Å². The molecule has 1 aliphatic rings. The van der Waals surface area contributed by atoms with E-state index in [4.69, 9.17) is 32.7 Å². The second-order valence-corrected chi connectivity index (χ2v) is 18.9. The molecule has 1 N–H and O–H groups in total. The summed E-state index contributed by atoms with van der Waals surface area (Å²) in [5, 5.41) is 24.9. The number of rotatable bonds is 24. The van der Waals surface area contributed by atoms with E-state index in [1.807, 2.05) is 113 Å². The quantitative estimate of drug-likeness (QED) is 0.0258. The number of hydrogen-bond acceptors (Lipinski definition) is 15. The van der Waals surface area contributed by atoms with Gasteiger partial charge in [0.05, 0.1) is 36.8 Å². The number of methoxy groups -OCH3 is 2. The number of amides is 1. The van der Waals surface area contributed by atoms with Crippen LogP contribution in [0.25, 0.3) is 0 Å². The van der Waals surface area contributed by atoms with Gasteiger partial charge in [0, 0.05) is 56.1 Å². The molecule has 384 valence electrons. The van der Waals surface area contributed by atoms with Gasteiger partial charge in [0.15, 0.2) is 6.23 Å². The molecule has 73 heavy (non-hydrogen) atoms. The summed E-state index contributed by atoms with van der Waals surface area (Å²) in [5.74, 6) is 0.585. The molecular formula is C53H59N6O13P. The summed E-state index contributed by atoms with van der Waals surface area (Å²) in [7, 11) is 1.21. The number of carbonyl (C=O) groups excluding carboxylic acids is 1. The van der Waals surface area contributed by atoms with Gasteiger partial charge in [-0.3, -0.25) is 30.1 Å². The smallest absolute Gasteiger partial charge is 0.412 e. The van der Waals surface area contributed by atoms with Crippen molar-refractivity contribution in [3.05, 3.63) is 204 Å². The number of carbonyl (C=O) groups is 1. The predicted molar refractivity (Wildman–Crippen MR) is 273 cm³/mol. The summed E-state index contributed by atoms with van der Waals surface area (Å²) < 4.78 is 48.6. The van der Waals surface area contributed by atoms with Gasteiger partial charge in [-0.05, 0) is 80.1 Å². The minimum atomic E-state index is -1.89. The average Bonchev–Trinajstić information content (AvgIpc) is 3.73. The Kier molecular flexibility index (Phi) is 18.5. The van der Waals surface area contributed by atoms with Gasteiger partial charge in [-0.1, -0.05) is 97.1 Å². The van der Waals surface area contributed by atoms with E-state index in [0.717, 1.165) is 27.8 Å². The maximum absolute atomic E-state index is 14.1. The van der Waals surface area contributed by atoms with Crippen molar-refractivity contribution in [3.63, 3.8) is 0 Å². The molecule has 0 spiro atoms. The molecule has 19 nitrogen and oxygen atoms in total. The second-order valence-electron chi connectivity index (χ2n) is 17.5. The lowest BCUT2D eigenvalue weighted by molar-refractivity contribution is -0.385. The van der Waals surface area contributed by atoms with E-state index in [2.05, 4.69) is 15.0 Å². The molecule has 0 bridgehead atoms. The van der Waals surface area contributed by atoms with Crippen molar-refractivity contribution in [2.24, 2.45) is 0 Å². The number of benzene rings is 5. The summed E-state index contributed by atoms with van der Waals surface area (Å²) in [4.78, 5) is 52.5. The van der Waals surface area contributed by atoms with Crippen LogP contribution in [0.3, 0.4) is 0 Å². The van der Waals surface area contributed by atoms with E-state index in [9.17, 15) is 29.8 Å². The molecule has 1 saturated heterocycles. The highest BCUT2D eigenvalue weighted by Crippen LogP contribution is 2.51. The number of nitro groups is 2. The van der Waals surface area contributed by atoms with Gasteiger partial charge in [-0.15, -0.1) is 0 Å². The fourth-order valence-electron chi connectivity index (χ4n) is 8.69. The van der Waals surface area contributed by atoms with Crippen LogP contribution in [0.5, 0.6) is 5.75 Å². The summed E-state index contributed by atoms with van der Waals surface area (Å²) in [6.07, 6.45) is -2.63. The van der Waals surface area contributed by atoms with Gasteiger partial charge in [-0.25, -0.2) is 14.3 Å². The first-order valence-corrected chi connectivity index (χ1v) is 24.8.